The highest BCUT2D eigenvalue weighted by Gasteiger charge is 2.25. The molecule has 0 saturated heterocycles. The summed E-state index contributed by atoms with van der Waals surface area (Å²) in [7, 11) is -3.74. The maximum absolute atomic E-state index is 12.8. The van der Waals surface area contributed by atoms with E-state index in [-0.39, 0.29) is 27.3 Å². The normalized spacial score (nSPS) is 12.8. The SMILES string of the molecule is CCN(CC)S(=O)(=O)c1cc(C(=O)NC[C@H](C)c2ccccc2)ccc1Cl. The number of halogens is 1. The predicted molar refractivity (Wildman–Crippen MR) is 109 cm³/mol. The standard InChI is InChI=1S/C20H25ClN2O3S/c1-4-23(5-2)27(25,26)19-13-17(11-12-18(19)21)20(24)22-14-15(3)16-9-7-6-8-10-16/h6-13,15H,4-5,14H2,1-3H3,(H,22,24)/t15-/m0/s1. The van der Waals surface area contributed by atoms with Gasteiger partial charge in [-0.3, -0.25) is 4.79 Å². The van der Waals surface area contributed by atoms with Gasteiger partial charge in [-0.2, -0.15) is 4.31 Å². The molecule has 1 N–H and O–H groups in total. The van der Waals surface area contributed by atoms with Crippen molar-refractivity contribution in [2.45, 2.75) is 31.6 Å². The Bertz CT molecular complexity index is 881. The lowest BCUT2D eigenvalue weighted by molar-refractivity contribution is 0.0951. The van der Waals surface area contributed by atoms with Crippen LogP contribution in [0.5, 0.6) is 0 Å². The fraction of sp³-hybridized carbons (Fsp3) is 0.350. The van der Waals surface area contributed by atoms with Crippen molar-refractivity contribution in [1.29, 1.82) is 0 Å². The maximum Gasteiger partial charge on any atom is 0.251 e. The van der Waals surface area contributed by atoms with Crippen molar-refractivity contribution in [3.05, 3.63) is 64.7 Å². The lowest BCUT2D eigenvalue weighted by Gasteiger charge is -2.19. The van der Waals surface area contributed by atoms with Crippen LogP contribution < -0.4 is 5.32 Å². The minimum absolute atomic E-state index is 0.0448. The highest BCUT2D eigenvalue weighted by molar-refractivity contribution is 7.89. The number of rotatable bonds is 8. The molecule has 7 heteroatoms. The zero-order valence-corrected chi connectivity index (χ0v) is 17.3. The van der Waals surface area contributed by atoms with Gasteiger partial charge in [0.25, 0.3) is 5.91 Å². The molecule has 0 unspecified atom stereocenters. The van der Waals surface area contributed by atoms with E-state index in [1.807, 2.05) is 37.3 Å². The van der Waals surface area contributed by atoms with Crippen LogP contribution >= 0.6 is 11.6 Å². The van der Waals surface area contributed by atoms with Crippen LogP contribution in [0, 0.1) is 0 Å². The summed E-state index contributed by atoms with van der Waals surface area (Å²) in [6.45, 7) is 6.66. The Morgan fingerprint density at radius 2 is 1.74 bits per heavy atom. The number of nitrogens with one attached hydrogen (secondary N) is 1. The molecule has 2 aromatic carbocycles. The molecule has 0 spiro atoms. The Morgan fingerprint density at radius 1 is 1.11 bits per heavy atom. The summed E-state index contributed by atoms with van der Waals surface area (Å²) in [5.41, 5.74) is 1.39. The first-order chi connectivity index (χ1) is 12.8. The molecule has 2 rings (SSSR count). The van der Waals surface area contributed by atoms with Crippen LogP contribution in [0.1, 0.15) is 42.6 Å². The van der Waals surface area contributed by atoms with Gasteiger partial charge in [-0.05, 0) is 29.7 Å². The van der Waals surface area contributed by atoms with Gasteiger partial charge >= 0.3 is 0 Å². The lowest BCUT2D eigenvalue weighted by atomic mass is 10.0. The number of amides is 1. The second kappa shape index (κ2) is 9.35. The van der Waals surface area contributed by atoms with E-state index in [0.717, 1.165) is 5.56 Å². The second-order valence-electron chi connectivity index (χ2n) is 6.26. The summed E-state index contributed by atoms with van der Waals surface area (Å²) in [6.07, 6.45) is 0. The molecule has 0 fully saturated rings. The summed E-state index contributed by atoms with van der Waals surface area (Å²) < 4.78 is 26.8. The molecular weight excluding hydrogens is 384 g/mol. The monoisotopic (exact) mass is 408 g/mol. The van der Waals surface area contributed by atoms with Gasteiger partial charge in [-0.15, -0.1) is 0 Å². The van der Waals surface area contributed by atoms with Gasteiger partial charge in [-0.1, -0.05) is 62.7 Å². The summed E-state index contributed by atoms with van der Waals surface area (Å²) in [6, 6.07) is 14.2. The molecule has 1 amide bonds. The molecule has 146 valence electrons. The third-order valence-electron chi connectivity index (χ3n) is 4.45. The number of carbonyl (C=O) groups is 1. The number of hydrogen-bond acceptors (Lipinski definition) is 3. The highest BCUT2D eigenvalue weighted by Crippen LogP contribution is 2.26. The van der Waals surface area contributed by atoms with Gasteiger partial charge in [0, 0.05) is 25.2 Å². The minimum atomic E-state index is -3.74. The Morgan fingerprint density at radius 3 is 2.33 bits per heavy atom. The number of benzene rings is 2. The molecule has 0 bridgehead atoms. The Hall–Kier alpha value is -1.89. The largest absolute Gasteiger partial charge is 0.351 e. The van der Waals surface area contributed by atoms with Crippen molar-refractivity contribution in [2.75, 3.05) is 19.6 Å². The van der Waals surface area contributed by atoms with E-state index < -0.39 is 10.0 Å². The van der Waals surface area contributed by atoms with Gasteiger partial charge in [0.2, 0.25) is 10.0 Å². The van der Waals surface area contributed by atoms with E-state index >= 15 is 0 Å². The van der Waals surface area contributed by atoms with Crippen molar-refractivity contribution >= 4 is 27.5 Å². The summed E-state index contributed by atoms with van der Waals surface area (Å²) in [5, 5.41) is 2.97. The van der Waals surface area contributed by atoms with E-state index in [2.05, 4.69) is 5.32 Å². The predicted octanol–water partition coefficient (Wildman–Crippen LogP) is 3.90. The average molecular weight is 409 g/mol. The quantitative estimate of drug-likeness (QED) is 0.720. The van der Waals surface area contributed by atoms with E-state index in [1.54, 1.807) is 13.8 Å². The molecule has 0 aliphatic rings. The van der Waals surface area contributed by atoms with Crippen LogP contribution in [0.25, 0.3) is 0 Å². The molecular formula is C20H25ClN2O3S. The summed E-state index contributed by atoms with van der Waals surface area (Å²) in [4.78, 5) is 12.5. The van der Waals surface area contributed by atoms with Crippen LogP contribution in [0.3, 0.4) is 0 Å². The maximum atomic E-state index is 12.8. The van der Waals surface area contributed by atoms with Crippen molar-refractivity contribution < 1.29 is 13.2 Å². The number of carbonyl (C=O) groups excluding carboxylic acids is 1. The molecule has 27 heavy (non-hydrogen) atoms. The minimum Gasteiger partial charge on any atom is -0.351 e. The summed E-state index contributed by atoms with van der Waals surface area (Å²) >= 11 is 6.11. The Labute approximate surface area is 166 Å². The van der Waals surface area contributed by atoms with Gasteiger partial charge in [0.05, 0.1) is 5.02 Å². The zero-order chi connectivity index (χ0) is 20.0. The zero-order valence-electron chi connectivity index (χ0n) is 15.8. The molecule has 1 atom stereocenters. The Balaban J connectivity index is 2.18. The van der Waals surface area contributed by atoms with Gasteiger partial charge in [0.1, 0.15) is 4.90 Å². The molecule has 0 radical (unpaired) electrons. The molecule has 0 saturated carbocycles. The fourth-order valence-corrected chi connectivity index (χ4v) is 4.75. The lowest BCUT2D eigenvalue weighted by Crippen LogP contribution is -2.31. The van der Waals surface area contributed by atoms with Gasteiger partial charge in [0.15, 0.2) is 0 Å². The van der Waals surface area contributed by atoms with Gasteiger partial charge in [-0.25, -0.2) is 8.42 Å². The molecule has 0 aliphatic carbocycles. The third-order valence-corrected chi connectivity index (χ3v) is 6.99. The second-order valence-corrected chi connectivity index (χ2v) is 8.57. The van der Waals surface area contributed by atoms with E-state index in [1.165, 1.54) is 22.5 Å². The van der Waals surface area contributed by atoms with Crippen LogP contribution in [0.4, 0.5) is 0 Å². The van der Waals surface area contributed by atoms with E-state index in [4.69, 9.17) is 11.6 Å². The smallest absolute Gasteiger partial charge is 0.251 e. The first-order valence-electron chi connectivity index (χ1n) is 8.94. The highest BCUT2D eigenvalue weighted by atomic mass is 35.5. The van der Waals surface area contributed by atoms with Crippen LogP contribution in [0.15, 0.2) is 53.4 Å². The number of hydrogen-bond donors (Lipinski definition) is 1. The molecule has 0 aromatic heterocycles. The molecule has 5 nitrogen and oxygen atoms in total. The topological polar surface area (TPSA) is 66.5 Å². The average Bonchev–Trinajstić information content (AvgIpc) is 2.67. The fourth-order valence-electron chi connectivity index (χ4n) is 2.79. The molecule has 0 heterocycles. The van der Waals surface area contributed by atoms with Crippen LogP contribution in [-0.4, -0.2) is 38.3 Å². The van der Waals surface area contributed by atoms with Crippen molar-refractivity contribution in [3.8, 4) is 0 Å². The first kappa shape index (κ1) is 21.4. The van der Waals surface area contributed by atoms with Crippen molar-refractivity contribution in [3.63, 3.8) is 0 Å². The number of sulfonamides is 1. The van der Waals surface area contributed by atoms with Crippen molar-refractivity contribution in [1.82, 2.24) is 9.62 Å². The van der Waals surface area contributed by atoms with Crippen molar-refractivity contribution in [2.24, 2.45) is 0 Å². The molecule has 0 aliphatic heterocycles. The van der Waals surface area contributed by atoms with E-state index in [0.29, 0.717) is 19.6 Å². The van der Waals surface area contributed by atoms with Crippen LogP contribution in [-0.2, 0) is 10.0 Å². The van der Waals surface area contributed by atoms with Gasteiger partial charge < -0.3 is 5.32 Å². The Kier molecular flexibility index (Phi) is 7.41. The summed E-state index contributed by atoms with van der Waals surface area (Å²) in [5.74, 6) is -0.188. The van der Waals surface area contributed by atoms with E-state index in [9.17, 15) is 13.2 Å². The molecule has 2 aromatic rings. The first-order valence-corrected chi connectivity index (χ1v) is 10.8. The van der Waals surface area contributed by atoms with Crippen LogP contribution in [0.2, 0.25) is 5.02 Å². The number of nitrogens with zero attached hydrogens (tertiary/aromatic N) is 1. The third kappa shape index (κ3) is 5.09.